The van der Waals surface area contributed by atoms with Crippen LogP contribution in [-0.2, 0) is 4.74 Å². The zero-order chi connectivity index (χ0) is 11.7. The highest BCUT2D eigenvalue weighted by Crippen LogP contribution is 2.33. The molecule has 1 heterocycles. The molecule has 1 aliphatic rings. The van der Waals surface area contributed by atoms with Crippen molar-refractivity contribution in [2.75, 3.05) is 20.3 Å². The smallest absolute Gasteiger partial charge is 0.127 e. The molecule has 0 N–H and O–H groups in total. The first-order valence-corrected chi connectivity index (χ1v) is 5.68. The van der Waals surface area contributed by atoms with Crippen molar-refractivity contribution in [3.05, 3.63) is 36.4 Å². The first-order valence-electron chi connectivity index (χ1n) is 5.68. The number of fused-ring (bicyclic) bond motifs is 1. The Morgan fingerprint density at radius 3 is 2.41 bits per heavy atom. The van der Waals surface area contributed by atoms with E-state index < -0.39 is 0 Å². The second-order valence-electron chi connectivity index (χ2n) is 4.08. The first-order chi connectivity index (χ1) is 8.38. The number of methoxy groups -OCH3 is 1. The second kappa shape index (κ2) is 4.26. The van der Waals surface area contributed by atoms with Gasteiger partial charge in [0.1, 0.15) is 24.2 Å². The monoisotopic (exact) mass is 230 g/mol. The van der Waals surface area contributed by atoms with Crippen LogP contribution >= 0.6 is 0 Å². The lowest BCUT2D eigenvalue weighted by molar-refractivity contribution is 0.265. The molecule has 0 unspecified atom stereocenters. The standard InChI is InChI=1S/C14H14O3/c1-15-13-6-7-14(17-9-10-8-16-10)12-5-3-2-4-11(12)13/h2-7,10H,8-9H2,1H3/t10-/m1/s1. The largest absolute Gasteiger partial charge is 0.496 e. The van der Waals surface area contributed by atoms with Gasteiger partial charge in [-0.1, -0.05) is 24.3 Å². The quantitative estimate of drug-likeness (QED) is 0.756. The summed E-state index contributed by atoms with van der Waals surface area (Å²) < 4.78 is 16.2. The highest BCUT2D eigenvalue weighted by atomic mass is 16.6. The lowest BCUT2D eigenvalue weighted by atomic mass is 10.1. The number of benzene rings is 2. The highest BCUT2D eigenvalue weighted by Gasteiger charge is 2.23. The predicted octanol–water partition coefficient (Wildman–Crippen LogP) is 2.63. The summed E-state index contributed by atoms with van der Waals surface area (Å²) in [4.78, 5) is 0. The van der Waals surface area contributed by atoms with Crippen molar-refractivity contribution in [2.24, 2.45) is 0 Å². The second-order valence-corrected chi connectivity index (χ2v) is 4.08. The molecular formula is C14H14O3. The zero-order valence-corrected chi connectivity index (χ0v) is 9.68. The predicted molar refractivity (Wildman–Crippen MR) is 65.7 cm³/mol. The molecule has 1 saturated heterocycles. The normalized spacial score (nSPS) is 18.1. The molecule has 0 bridgehead atoms. The van der Waals surface area contributed by atoms with E-state index in [1.165, 1.54) is 0 Å². The Bertz CT molecular complexity index is 532. The number of epoxide rings is 1. The lowest BCUT2D eigenvalue weighted by Gasteiger charge is -2.11. The summed E-state index contributed by atoms with van der Waals surface area (Å²) in [5.41, 5.74) is 0. The van der Waals surface area contributed by atoms with Crippen LogP contribution in [0.25, 0.3) is 10.8 Å². The van der Waals surface area contributed by atoms with Crippen LogP contribution in [0.2, 0.25) is 0 Å². The molecule has 1 fully saturated rings. The van der Waals surface area contributed by atoms with E-state index in [1.807, 2.05) is 36.4 Å². The molecule has 88 valence electrons. The van der Waals surface area contributed by atoms with Gasteiger partial charge in [-0.25, -0.2) is 0 Å². The van der Waals surface area contributed by atoms with Crippen LogP contribution in [-0.4, -0.2) is 26.4 Å². The molecule has 0 aromatic heterocycles. The molecular weight excluding hydrogens is 216 g/mol. The lowest BCUT2D eigenvalue weighted by Crippen LogP contribution is -2.04. The Morgan fingerprint density at radius 2 is 1.76 bits per heavy atom. The van der Waals surface area contributed by atoms with Crippen molar-refractivity contribution < 1.29 is 14.2 Å². The summed E-state index contributed by atoms with van der Waals surface area (Å²) in [6.07, 6.45) is 0.274. The Labute approximate surface area is 99.9 Å². The molecule has 0 radical (unpaired) electrons. The Kier molecular flexibility index (Phi) is 2.61. The van der Waals surface area contributed by atoms with Crippen molar-refractivity contribution >= 4 is 10.8 Å². The minimum atomic E-state index is 0.274. The summed E-state index contributed by atoms with van der Waals surface area (Å²) in [5, 5.41) is 2.15. The summed E-state index contributed by atoms with van der Waals surface area (Å²) in [6, 6.07) is 12.0. The van der Waals surface area contributed by atoms with Crippen LogP contribution in [0.3, 0.4) is 0 Å². The molecule has 3 nitrogen and oxygen atoms in total. The van der Waals surface area contributed by atoms with Gasteiger partial charge in [-0.15, -0.1) is 0 Å². The Hall–Kier alpha value is -1.74. The highest BCUT2D eigenvalue weighted by molar-refractivity contribution is 5.93. The number of ether oxygens (including phenoxy) is 3. The van der Waals surface area contributed by atoms with Crippen LogP contribution in [0, 0.1) is 0 Å². The number of hydrogen-bond acceptors (Lipinski definition) is 3. The van der Waals surface area contributed by atoms with E-state index in [-0.39, 0.29) is 6.10 Å². The SMILES string of the molecule is COc1ccc(OC[C@H]2CO2)c2ccccc12. The minimum Gasteiger partial charge on any atom is -0.496 e. The van der Waals surface area contributed by atoms with Gasteiger partial charge in [0.05, 0.1) is 13.7 Å². The van der Waals surface area contributed by atoms with Gasteiger partial charge in [-0.05, 0) is 12.1 Å². The topological polar surface area (TPSA) is 31.0 Å². The summed E-state index contributed by atoms with van der Waals surface area (Å²) in [5.74, 6) is 1.76. The van der Waals surface area contributed by atoms with Crippen LogP contribution in [0.1, 0.15) is 0 Å². The fraction of sp³-hybridized carbons (Fsp3) is 0.286. The van der Waals surface area contributed by atoms with Crippen LogP contribution in [0.4, 0.5) is 0 Å². The molecule has 0 amide bonds. The van der Waals surface area contributed by atoms with E-state index in [2.05, 4.69) is 0 Å². The van der Waals surface area contributed by atoms with E-state index in [1.54, 1.807) is 7.11 Å². The summed E-state index contributed by atoms with van der Waals surface area (Å²) in [7, 11) is 1.68. The molecule has 0 saturated carbocycles. The molecule has 3 heteroatoms. The summed E-state index contributed by atoms with van der Waals surface area (Å²) >= 11 is 0. The van der Waals surface area contributed by atoms with E-state index in [4.69, 9.17) is 14.2 Å². The van der Waals surface area contributed by atoms with E-state index in [0.717, 1.165) is 28.9 Å². The molecule has 0 spiro atoms. The number of rotatable bonds is 4. The third-order valence-electron chi connectivity index (χ3n) is 2.89. The van der Waals surface area contributed by atoms with Gasteiger partial charge in [0.15, 0.2) is 0 Å². The summed E-state index contributed by atoms with van der Waals surface area (Å²) in [6.45, 7) is 1.43. The van der Waals surface area contributed by atoms with Crippen molar-refractivity contribution in [3.63, 3.8) is 0 Å². The van der Waals surface area contributed by atoms with Gasteiger partial charge in [0.2, 0.25) is 0 Å². The van der Waals surface area contributed by atoms with E-state index in [9.17, 15) is 0 Å². The van der Waals surface area contributed by atoms with Gasteiger partial charge < -0.3 is 14.2 Å². The zero-order valence-electron chi connectivity index (χ0n) is 9.68. The maximum atomic E-state index is 5.76. The molecule has 2 aromatic rings. The fourth-order valence-electron chi connectivity index (χ4n) is 1.89. The van der Waals surface area contributed by atoms with Gasteiger partial charge in [0, 0.05) is 10.8 Å². The van der Waals surface area contributed by atoms with Crippen molar-refractivity contribution in [1.82, 2.24) is 0 Å². The molecule has 2 aromatic carbocycles. The third kappa shape index (κ3) is 2.06. The van der Waals surface area contributed by atoms with Gasteiger partial charge in [-0.2, -0.15) is 0 Å². The molecule has 1 aliphatic heterocycles. The van der Waals surface area contributed by atoms with Crippen LogP contribution in [0.15, 0.2) is 36.4 Å². The van der Waals surface area contributed by atoms with Gasteiger partial charge in [-0.3, -0.25) is 0 Å². The average Bonchev–Trinajstić information content (AvgIpc) is 3.20. The van der Waals surface area contributed by atoms with Crippen LogP contribution in [0.5, 0.6) is 11.5 Å². The van der Waals surface area contributed by atoms with E-state index in [0.29, 0.717) is 6.61 Å². The van der Waals surface area contributed by atoms with E-state index >= 15 is 0 Å². The molecule has 0 aliphatic carbocycles. The van der Waals surface area contributed by atoms with Gasteiger partial charge >= 0.3 is 0 Å². The fourth-order valence-corrected chi connectivity index (χ4v) is 1.89. The first kappa shape index (κ1) is 10.4. The van der Waals surface area contributed by atoms with Crippen molar-refractivity contribution in [3.8, 4) is 11.5 Å². The van der Waals surface area contributed by atoms with Crippen molar-refractivity contribution in [2.45, 2.75) is 6.10 Å². The Balaban J connectivity index is 1.99. The Morgan fingerprint density at radius 1 is 1.12 bits per heavy atom. The van der Waals surface area contributed by atoms with Gasteiger partial charge in [0.25, 0.3) is 0 Å². The molecule has 17 heavy (non-hydrogen) atoms. The number of hydrogen-bond donors (Lipinski definition) is 0. The maximum Gasteiger partial charge on any atom is 0.127 e. The van der Waals surface area contributed by atoms with Crippen LogP contribution < -0.4 is 9.47 Å². The maximum absolute atomic E-state index is 5.76. The molecule has 3 rings (SSSR count). The third-order valence-corrected chi connectivity index (χ3v) is 2.89. The average molecular weight is 230 g/mol. The van der Waals surface area contributed by atoms with Crippen molar-refractivity contribution in [1.29, 1.82) is 0 Å². The molecule has 1 atom stereocenters. The minimum absolute atomic E-state index is 0.274.